The van der Waals surface area contributed by atoms with Crippen LogP contribution in [0.15, 0.2) is 51.5 Å². The van der Waals surface area contributed by atoms with Crippen molar-refractivity contribution in [1.82, 2.24) is 5.32 Å². The average Bonchev–Trinajstić information content (AvgIpc) is 3.32. The number of quaternary nitrogens is 1. The minimum absolute atomic E-state index is 0.138. The number of hydrogen-bond acceptors (Lipinski definition) is 3. The molecule has 3 aromatic rings. The average molecular weight is 353 g/mol. The highest BCUT2D eigenvalue weighted by Gasteiger charge is 2.29. The summed E-state index contributed by atoms with van der Waals surface area (Å²) in [5.74, 6) is 1.17. The Hall–Kier alpha value is -2.53. The third-order valence-corrected chi connectivity index (χ3v) is 5.39. The Labute approximate surface area is 153 Å². The highest BCUT2D eigenvalue weighted by Crippen LogP contribution is 2.24. The quantitative estimate of drug-likeness (QED) is 0.741. The van der Waals surface area contributed by atoms with Gasteiger partial charge in [-0.3, -0.25) is 4.79 Å². The minimum Gasteiger partial charge on any atom is -0.463 e. The predicted molar refractivity (Wildman–Crippen MR) is 99.3 cm³/mol. The summed E-state index contributed by atoms with van der Waals surface area (Å²) >= 11 is 0. The van der Waals surface area contributed by atoms with E-state index in [-0.39, 0.29) is 11.9 Å². The van der Waals surface area contributed by atoms with Gasteiger partial charge in [0.25, 0.3) is 5.91 Å². The molecule has 4 rings (SSSR count). The second kappa shape index (κ2) is 7.38. The SMILES string of the molecule is Cc1c(C(=O)NC[C@@H](c2ccco2)[NH+]2CCCCC2)oc2ccccc12. The van der Waals surface area contributed by atoms with Gasteiger partial charge in [0.05, 0.1) is 25.9 Å². The first-order valence-electron chi connectivity index (χ1n) is 9.38. The number of rotatable bonds is 5. The van der Waals surface area contributed by atoms with Crippen molar-refractivity contribution in [1.29, 1.82) is 0 Å². The number of hydrogen-bond donors (Lipinski definition) is 2. The number of amides is 1. The van der Waals surface area contributed by atoms with Crippen LogP contribution in [0.4, 0.5) is 0 Å². The van der Waals surface area contributed by atoms with Gasteiger partial charge in [-0.25, -0.2) is 0 Å². The summed E-state index contributed by atoms with van der Waals surface area (Å²) in [4.78, 5) is 14.2. The van der Waals surface area contributed by atoms with Gasteiger partial charge in [-0.05, 0) is 44.4 Å². The van der Waals surface area contributed by atoms with Crippen LogP contribution in [0.3, 0.4) is 0 Å². The van der Waals surface area contributed by atoms with E-state index in [4.69, 9.17) is 8.83 Å². The van der Waals surface area contributed by atoms with Crippen LogP contribution < -0.4 is 10.2 Å². The van der Waals surface area contributed by atoms with Crippen molar-refractivity contribution < 1.29 is 18.5 Å². The third-order valence-electron chi connectivity index (χ3n) is 5.39. The van der Waals surface area contributed by atoms with Crippen LogP contribution in [-0.4, -0.2) is 25.5 Å². The standard InChI is InChI=1S/C21H24N2O3/c1-15-16-8-3-4-9-18(16)26-20(15)21(24)22-14-17(19-10-7-13-25-19)23-11-5-2-6-12-23/h3-4,7-10,13,17H,2,5-6,11-12,14H2,1H3,(H,22,24)/p+1/t17-/m0/s1. The van der Waals surface area contributed by atoms with Crippen LogP contribution in [0.25, 0.3) is 11.0 Å². The molecule has 1 aliphatic rings. The van der Waals surface area contributed by atoms with Crippen molar-refractivity contribution in [2.45, 2.75) is 32.2 Å². The van der Waals surface area contributed by atoms with Gasteiger partial charge in [-0.15, -0.1) is 0 Å². The summed E-state index contributed by atoms with van der Waals surface area (Å²) in [6, 6.07) is 11.8. The lowest BCUT2D eigenvalue weighted by molar-refractivity contribution is -0.936. The fourth-order valence-corrected chi connectivity index (χ4v) is 3.96. The Kier molecular flexibility index (Phi) is 4.80. The Morgan fingerprint density at radius 2 is 1.96 bits per heavy atom. The molecule has 2 N–H and O–H groups in total. The lowest BCUT2D eigenvalue weighted by Gasteiger charge is -2.30. The summed E-state index contributed by atoms with van der Waals surface area (Å²) < 4.78 is 11.4. The van der Waals surface area contributed by atoms with Crippen molar-refractivity contribution >= 4 is 16.9 Å². The van der Waals surface area contributed by atoms with Gasteiger partial charge >= 0.3 is 0 Å². The van der Waals surface area contributed by atoms with Gasteiger partial charge in [0, 0.05) is 10.9 Å². The molecule has 1 saturated heterocycles. The third kappa shape index (κ3) is 3.27. The van der Waals surface area contributed by atoms with Crippen molar-refractivity contribution in [3.63, 3.8) is 0 Å². The number of fused-ring (bicyclic) bond motifs is 1. The lowest BCUT2D eigenvalue weighted by Crippen LogP contribution is -3.13. The van der Waals surface area contributed by atoms with Gasteiger partial charge in [-0.2, -0.15) is 0 Å². The second-order valence-corrected chi connectivity index (χ2v) is 7.05. The molecule has 0 saturated carbocycles. The number of benzene rings is 1. The molecule has 1 aliphatic heterocycles. The van der Waals surface area contributed by atoms with E-state index in [1.165, 1.54) is 24.2 Å². The Bertz CT molecular complexity index is 876. The van der Waals surface area contributed by atoms with Crippen molar-refractivity contribution in [3.05, 3.63) is 59.7 Å². The van der Waals surface area contributed by atoms with Crippen molar-refractivity contribution in [2.75, 3.05) is 19.6 Å². The molecule has 0 aliphatic carbocycles. The number of para-hydroxylation sites is 1. The first-order chi connectivity index (χ1) is 12.7. The smallest absolute Gasteiger partial charge is 0.287 e. The van der Waals surface area contributed by atoms with Crippen molar-refractivity contribution in [2.24, 2.45) is 0 Å². The molecule has 5 nitrogen and oxygen atoms in total. The zero-order chi connectivity index (χ0) is 17.9. The van der Waals surface area contributed by atoms with Gasteiger partial charge in [0.2, 0.25) is 0 Å². The highest BCUT2D eigenvalue weighted by molar-refractivity contribution is 5.98. The van der Waals surface area contributed by atoms with Gasteiger partial charge in [-0.1, -0.05) is 18.2 Å². The maximum atomic E-state index is 12.7. The van der Waals surface area contributed by atoms with E-state index in [2.05, 4.69) is 5.32 Å². The first-order valence-corrected chi connectivity index (χ1v) is 9.38. The van der Waals surface area contributed by atoms with E-state index in [0.717, 1.165) is 35.4 Å². The molecule has 136 valence electrons. The Morgan fingerprint density at radius 3 is 2.69 bits per heavy atom. The molecule has 1 fully saturated rings. The number of furan rings is 2. The zero-order valence-corrected chi connectivity index (χ0v) is 15.1. The molecular formula is C21H25N2O3+. The van der Waals surface area contributed by atoms with Crippen LogP contribution in [0.2, 0.25) is 0 Å². The van der Waals surface area contributed by atoms with Gasteiger partial charge in [0.1, 0.15) is 5.58 Å². The van der Waals surface area contributed by atoms with Gasteiger partial charge in [0.15, 0.2) is 17.6 Å². The summed E-state index contributed by atoms with van der Waals surface area (Å²) in [5.41, 5.74) is 1.64. The second-order valence-electron chi connectivity index (χ2n) is 7.05. The molecule has 0 bridgehead atoms. The van der Waals surface area contributed by atoms with E-state index in [1.807, 2.05) is 43.3 Å². The Morgan fingerprint density at radius 1 is 1.15 bits per heavy atom. The lowest BCUT2D eigenvalue weighted by atomic mass is 10.1. The van der Waals surface area contributed by atoms with E-state index >= 15 is 0 Å². The molecule has 0 radical (unpaired) electrons. The molecule has 1 amide bonds. The molecule has 1 aromatic carbocycles. The number of carbonyl (C=O) groups excluding carboxylic acids is 1. The summed E-state index contributed by atoms with van der Waals surface area (Å²) in [6.45, 7) is 4.70. The number of piperidine rings is 1. The number of carbonyl (C=O) groups is 1. The normalized spacial score (nSPS) is 16.7. The molecule has 5 heteroatoms. The summed E-state index contributed by atoms with van der Waals surface area (Å²) in [5, 5.41) is 4.06. The predicted octanol–water partition coefficient (Wildman–Crippen LogP) is 2.87. The summed E-state index contributed by atoms with van der Waals surface area (Å²) in [6.07, 6.45) is 5.45. The zero-order valence-electron chi connectivity index (χ0n) is 15.1. The largest absolute Gasteiger partial charge is 0.463 e. The summed E-state index contributed by atoms with van der Waals surface area (Å²) in [7, 11) is 0. The van der Waals surface area contributed by atoms with E-state index in [0.29, 0.717) is 12.3 Å². The molecule has 2 aromatic heterocycles. The molecule has 0 unspecified atom stereocenters. The number of aryl methyl sites for hydroxylation is 1. The number of likely N-dealkylation sites (tertiary alicyclic amines) is 1. The topological polar surface area (TPSA) is 59.8 Å². The van der Waals surface area contributed by atoms with Crippen LogP contribution in [-0.2, 0) is 0 Å². The van der Waals surface area contributed by atoms with Crippen LogP contribution in [0, 0.1) is 6.92 Å². The fourth-order valence-electron chi connectivity index (χ4n) is 3.96. The van der Waals surface area contributed by atoms with Crippen LogP contribution >= 0.6 is 0 Å². The minimum atomic E-state index is -0.160. The maximum Gasteiger partial charge on any atom is 0.287 e. The maximum absolute atomic E-state index is 12.7. The van der Waals surface area contributed by atoms with Crippen LogP contribution in [0.1, 0.15) is 47.2 Å². The fraction of sp³-hybridized carbons (Fsp3) is 0.381. The number of nitrogens with one attached hydrogen (secondary N) is 2. The van der Waals surface area contributed by atoms with Gasteiger partial charge < -0.3 is 19.1 Å². The molecule has 1 atom stereocenters. The first kappa shape index (κ1) is 16.9. The molecular weight excluding hydrogens is 328 g/mol. The molecule has 3 heterocycles. The molecule has 26 heavy (non-hydrogen) atoms. The van der Waals surface area contributed by atoms with E-state index < -0.39 is 0 Å². The Balaban J connectivity index is 1.51. The van der Waals surface area contributed by atoms with E-state index in [9.17, 15) is 4.79 Å². The van der Waals surface area contributed by atoms with Crippen LogP contribution in [0.5, 0.6) is 0 Å². The molecule has 0 spiro atoms. The monoisotopic (exact) mass is 353 g/mol. The highest BCUT2D eigenvalue weighted by atomic mass is 16.3. The van der Waals surface area contributed by atoms with Crippen molar-refractivity contribution in [3.8, 4) is 0 Å². The van der Waals surface area contributed by atoms with E-state index in [1.54, 1.807) is 6.26 Å².